The SMILES string of the molecule is CC(C)(C)OC(=O)N1CCN[C@@H](Cc2cc(F)cc(F)c2)C1. The number of nitrogens with zero attached hydrogens (tertiary/aromatic N) is 1. The smallest absolute Gasteiger partial charge is 0.410 e. The summed E-state index contributed by atoms with van der Waals surface area (Å²) < 4.78 is 31.8. The van der Waals surface area contributed by atoms with Gasteiger partial charge in [-0.05, 0) is 44.9 Å². The Labute approximate surface area is 129 Å². The lowest BCUT2D eigenvalue weighted by atomic mass is 10.0. The van der Waals surface area contributed by atoms with Crippen LogP contribution in [-0.2, 0) is 11.2 Å². The van der Waals surface area contributed by atoms with E-state index in [0.717, 1.165) is 6.07 Å². The van der Waals surface area contributed by atoms with Gasteiger partial charge < -0.3 is 15.0 Å². The van der Waals surface area contributed by atoms with Crippen molar-refractivity contribution in [2.24, 2.45) is 0 Å². The monoisotopic (exact) mass is 312 g/mol. The van der Waals surface area contributed by atoms with E-state index in [9.17, 15) is 13.6 Å². The van der Waals surface area contributed by atoms with Gasteiger partial charge in [0.15, 0.2) is 0 Å². The zero-order chi connectivity index (χ0) is 16.3. The van der Waals surface area contributed by atoms with E-state index in [1.54, 1.807) is 4.90 Å². The van der Waals surface area contributed by atoms with Crippen molar-refractivity contribution in [2.45, 2.75) is 38.8 Å². The molecule has 0 bridgehead atoms. The van der Waals surface area contributed by atoms with Gasteiger partial charge in [-0.2, -0.15) is 0 Å². The molecule has 1 aromatic carbocycles. The van der Waals surface area contributed by atoms with Crippen LogP contribution in [0.4, 0.5) is 13.6 Å². The molecule has 1 atom stereocenters. The third-order valence-electron chi connectivity index (χ3n) is 3.31. The van der Waals surface area contributed by atoms with Crippen LogP contribution in [0.2, 0.25) is 0 Å². The molecule has 1 aliphatic rings. The van der Waals surface area contributed by atoms with Gasteiger partial charge >= 0.3 is 6.09 Å². The first kappa shape index (κ1) is 16.7. The van der Waals surface area contributed by atoms with E-state index in [1.807, 2.05) is 20.8 Å². The largest absolute Gasteiger partial charge is 0.444 e. The van der Waals surface area contributed by atoms with Gasteiger partial charge in [0.25, 0.3) is 0 Å². The molecule has 1 fully saturated rings. The maximum absolute atomic E-state index is 13.2. The lowest BCUT2D eigenvalue weighted by Gasteiger charge is -2.35. The van der Waals surface area contributed by atoms with Gasteiger partial charge in [-0.25, -0.2) is 13.6 Å². The Kier molecular flexibility index (Phi) is 5.01. The average molecular weight is 312 g/mol. The number of hydrogen-bond acceptors (Lipinski definition) is 3. The van der Waals surface area contributed by atoms with Gasteiger partial charge in [0.05, 0.1) is 0 Å². The molecular weight excluding hydrogens is 290 g/mol. The number of rotatable bonds is 2. The highest BCUT2D eigenvalue weighted by Crippen LogP contribution is 2.14. The van der Waals surface area contributed by atoms with Crippen molar-refractivity contribution < 1.29 is 18.3 Å². The minimum atomic E-state index is -0.588. The van der Waals surface area contributed by atoms with E-state index < -0.39 is 17.2 Å². The fraction of sp³-hybridized carbons (Fsp3) is 0.562. The zero-order valence-corrected chi connectivity index (χ0v) is 13.2. The molecular formula is C16H22F2N2O2. The summed E-state index contributed by atoms with van der Waals surface area (Å²) in [4.78, 5) is 13.7. The van der Waals surface area contributed by atoms with Crippen LogP contribution < -0.4 is 5.32 Å². The topological polar surface area (TPSA) is 41.6 Å². The van der Waals surface area contributed by atoms with E-state index in [-0.39, 0.29) is 12.1 Å². The number of amides is 1. The van der Waals surface area contributed by atoms with Crippen molar-refractivity contribution in [2.75, 3.05) is 19.6 Å². The Bertz CT molecular complexity index is 523. The van der Waals surface area contributed by atoms with Crippen molar-refractivity contribution in [3.63, 3.8) is 0 Å². The molecule has 22 heavy (non-hydrogen) atoms. The van der Waals surface area contributed by atoms with Crippen LogP contribution in [-0.4, -0.2) is 42.3 Å². The molecule has 1 saturated heterocycles. The van der Waals surface area contributed by atoms with Gasteiger partial charge in [0.2, 0.25) is 0 Å². The summed E-state index contributed by atoms with van der Waals surface area (Å²) >= 11 is 0. The number of benzene rings is 1. The summed E-state index contributed by atoms with van der Waals surface area (Å²) in [6.45, 7) is 7.10. The zero-order valence-electron chi connectivity index (χ0n) is 13.2. The molecule has 1 N–H and O–H groups in total. The van der Waals surface area contributed by atoms with Crippen LogP contribution in [0.3, 0.4) is 0 Å². The van der Waals surface area contributed by atoms with Gasteiger partial charge in [-0.1, -0.05) is 0 Å². The highest BCUT2D eigenvalue weighted by Gasteiger charge is 2.27. The number of piperazine rings is 1. The Morgan fingerprint density at radius 2 is 1.95 bits per heavy atom. The Hall–Kier alpha value is -1.69. The second-order valence-electron chi connectivity index (χ2n) is 6.56. The van der Waals surface area contributed by atoms with Gasteiger partial charge in [0.1, 0.15) is 17.2 Å². The van der Waals surface area contributed by atoms with Crippen LogP contribution in [0.25, 0.3) is 0 Å². The van der Waals surface area contributed by atoms with Crippen LogP contribution in [0.1, 0.15) is 26.3 Å². The third kappa shape index (κ3) is 4.94. The van der Waals surface area contributed by atoms with E-state index in [2.05, 4.69) is 5.32 Å². The lowest BCUT2D eigenvalue weighted by molar-refractivity contribution is 0.0195. The molecule has 1 amide bonds. The quantitative estimate of drug-likeness (QED) is 0.913. The minimum absolute atomic E-state index is 0.0533. The highest BCUT2D eigenvalue weighted by atomic mass is 19.1. The molecule has 0 aromatic heterocycles. The van der Waals surface area contributed by atoms with Crippen LogP contribution in [0, 0.1) is 11.6 Å². The normalized spacial score (nSPS) is 19.1. The van der Waals surface area contributed by atoms with Gasteiger partial charge in [0, 0.05) is 31.7 Å². The lowest BCUT2D eigenvalue weighted by Crippen LogP contribution is -2.54. The Morgan fingerprint density at radius 1 is 1.32 bits per heavy atom. The predicted octanol–water partition coefficient (Wildman–Crippen LogP) is 2.72. The fourth-order valence-corrected chi connectivity index (χ4v) is 2.47. The first-order chi connectivity index (χ1) is 10.2. The second-order valence-corrected chi connectivity index (χ2v) is 6.56. The minimum Gasteiger partial charge on any atom is -0.444 e. The molecule has 4 nitrogen and oxygen atoms in total. The van der Waals surface area contributed by atoms with E-state index in [1.165, 1.54) is 12.1 Å². The molecule has 1 aliphatic heterocycles. The standard InChI is InChI=1S/C16H22F2N2O2/c1-16(2,3)22-15(21)20-5-4-19-14(10-20)8-11-6-12(17)9-13(18)7-11/h6-7,9,14,19H,4-5,8,10H2,1-3H3/t14-/m0/s1. The summed E-state index contributed by atoms with van der Waals surface area (Å²) in [6.07, 6.45) is 0.0953. The van der Waals surface area contributed by atoms with Crippen molar-refractivity contribution in [1.29, 1.82) is 0 Å². The van der Waals surface area contributed by atoms with E-state index in [4.69, 9.17) is 4.74 Å². The first-order valence-electron chi connectivity index (χ1n) is 7.39. The average Bonchev–Trinajstić information content (AvgIpc) is 2.35. The maximum atomic E-state index is 13.2. The summed E-state index contributed by atoms with van der Waals surface area (Å²) in [7, 11) is 0. The highest BCUT2D eigenvalue weighted by molar-refractivity contribution is 5.68. The first-order valence-corrected chi connectivity index (χ1v) is 7.39. The Balaban J connectivity index is 1.97. The predicted molar refractivity (Wildman–Crippen MR) is 79.7 cm³/mol. The number of hydrogen-bond donors (Lipinski definition) is 1. The van der Waals surface area contributed by atoms with E-state index in [0.29, 0.717) is 31.6 Å². The molecule has 0 saturated carbocycles. The molecule has 0 radical (unpaired) electrons. The number of ether oxygens (including phenoxy) is 1. The number of halogens is 2. The van der Waals surface area contributed by atoms with Gasteiger partial charge in [-0.3, -0.25) is 0 Å². The molecule has 1 heterocycles. The van der Waals surface area contributed by atoms with Crippen molar-refractivity contribution in [3.8, 4) is 0 Å². The third-order valence-corrected chi connectivity index (χ3v) is 3.31. The van der Waals surface area contributed by atoms with Gasteiger partial charge in [-0.15, -0.1) is 0 Å². The second kappa shape index (κ2) is 6.60. The molecule has 6 heteroatoms. The fourth-order valence-electron chi connectivity index (χ4n) is 2.47. The maximum Gasteiger partial charge on any atom is 0.410 e. The van der Waals surface area contributed by atoms with Crippen molar-refractivity contribution in [1.82, 2.24) is 10.2 Å². The van der Waals surface area contributed by atoms with Crippen molar-refractivity contribution in [3.05, 3.63) is 35.4 Å². The molecule has 2 rings (SSSR count). The summed E-state index contributed by atoms with van der Waals surface area (Å²) in [6, 6.07) is 3.43. The van der Waals surface area contributed by atoms with Crippen LogP contribution >= 0.6 is 0 Å². The molecule has 0 spiro atoms. The molecule has 0 unspecified atom stereocenters. The van der Waals surface area contributed by atoms with Crippen LogP contribution in [0.5, 0.6) is 0 Å². The number of carbonyl (C=O) groups excluding carboxylic acids is 1. The Morgan fingerprint density at radius 3 is 2.55 bits per heavy atom. The number of nitrogens with one attached hydrogen (secondary N) is 1. The van der Waals surface area contributed by atoms with Crippen LogP contribution in [0.15, 0.2) is 18.2 Å². The summed E-state index contributed by atoms with van der Waals surface area (Å²) in [5, 5.41) is 3.26. The van der Waals surface area contributed by atoms with E-state index >= 15 is 0 Å². The molecule has 0 aliphatic carbocycles. The molecule has 1 aromatic rings. The summed E-state index contributed by atoms with van der Waals surface area (Å²) in [5.41, 5.74) is 0.0319. The number of carbonyl (C=O) groups is 1. The van der Waals surface area contributed by atoms with Crippen molar-refractivity contribution >= 4 is 6.09 Å². The molecule has 122 valence electrons. The summed E-state index contributed by atoms with van der Waals surface area (Å²) in [5.74, 6) is -1.18.